The molecule has 5 N–H and O–H groups in total. The van der Waals surface area contributed by atoms with Crippen LogP contribution < -0.4 is 11.5 Å². The van der Waals surface area contributed by atoms with Crippen LogP contribution >= 0.6 is 0 Å². The van der Waals surface area contributed by atoms with E-state index in [0.29, 0.717) is 0 Å². The molecule has 0 aliphatic heterocycles. The largest absolute Gasteiger partial charge is 0.478 e. The highest BCUT2D eigenvalue weighted by atomic mass is 16.4. The molecule has 0 aromatic carbocycles. The molecule has 0 aliphatic rings. The molecule has 1 unspecified atom stereocenters. The van der Waals surface area contributed by atoms with Crippen LogP contribution in [0.5, 0.6) is 0 Å². The third-order valence-electron chi connectivity index (χ3n) is 1.11. The van der Waals surface area contributed by atoms with Crippen LogP contribution in [0.4, 0.5) is 0 Å². The van der Waals surface area contributed by atoms with Crippen LogP contribution in [0.3, 0.4) is 0 Å². The van der Waals surface area contributed by atoms with Crippen molar-refractivity contribution in [2.45, 2.75) is 12.5 Å². The lowest BCUT2D eigenvalue weighted by Crippen LogP contribution is -2.30. The summed E-state index contributed by atoms with van der Waals surface area (Å²) < 4.78 is 0. The Bertz CT molecular complexity index is 145. The molecule has 0 heterocycles. The molecule has 0 aromatic rings. The van der Waals surface area contributed by atoms with Gasteiger partial charge in [-0.25, -0.2) is 4.79 Å². The molecule has 0 saturated carbocycles. The minimum atomic E-state index is -1.01. The van der Waals surface area contributed by atoms with Gasteiger partial charge in [-0.15, -0.1) is 0 Å². The Morgan fingerprint density at radius 1 is 1.70 bits per heavy atom. The second-order valence-electron chi connectivity index (χ2n) is 2.11. The molecule has 0 bridgehead atoms. The maximum atomic E-state index is 10.2. The Morgan fingerprint density at radius 3 is 2.50 bits per heavy atom. The zero-order valence-corrected chi connectivity index (χ0v) is 5.71. The van der Waals surface area contributed by atoms with Crippen LogP contribution in [0.15, 0.2) is 12.2 Å². The van der Waals surface area contributed by atoms with Crippen molar-refractivity contribution in [1.82, 2.24) is 0 Å². The van der Waals surface area contributed by atoms with E-state index in [0.717, 1.165) is 0 Å². The predicted octanol–water partition coefficient (Wildman–Crippen LogP) is -0.697. The van der Waals surface area contributed by atoms with E-state index < -0.39 is 5.97 Å². The number of hydrogen-bond donors (Lipinski definition) is 3. The number of hydrogen-bond acceptors (Lipinski definition) is 3. The molecule has 0 saturated heterocycles. The van der Waals surface area contributed by atoms with Crippen molar-refractivity contribution in [1.29, 1.82) is 0 Å². The Hall–Kier alpha value is -0.870. The number of rotatable bonds is 4. The molecule has 0 amide bonds. The van der Waals surface area contributed by atoms with Crippen LogP contribution in [0.2, 0.25) is 0 Å². The zero-order chi connectivity index (χ0) is 8.15. The average molecular weight is 144 g/mol. The van der Waals surface area contributed by atoms with Gasteiger partial charge >= 0.3 is 5.97 Å². The Labute approximate surface area is 59.5 Å². The first-order chi connectivity index (χ1) is 4.57. The van der Waals surface area contributed by atoms with Crippen molar-refractivity contribution >= 4 is 5.97 Å². The lowest BCUT2D eigenvalue weighted by atomic mass is 10.1. The number of aliphatic carboxylic acids is 1. The van der Waals surface area contributed by atoms with Gasteiger partial charge in [0.05, 0.1) is 0 Å². The summed E-state index contributed by atoms with van der Waals surface area (Å²) in [7, 11) is 0. The Balaban J connectivity index is 3.68. The quantitative estimate of drug-likeness (QED) is 0.455. The van der Waals surface area contributed by atoms with Crippen molar-refractivity contribution in [3.8, 4) is 0 Å². The van der Waals surface area contributed by atoms with Crippen LogP contribution in [-0.2, 0) is 4.79 Å². The van der Waals surface area contributed by atoms with E-state index in [2.05, 4.69) is 6.58 Å². The van der Waals surface area contributed by atoms with Crippen molar-refractivity contribution in [3.63, 3.8) is 0 Å². The molecule has 0 aromatic heterocycles. The summed E-state index contributed by atoms with van der Waals surface area (Å²) in [5.74, 6) is -1.01. The highest BCUT2D eigenvalue weighted by molar-refractivity contribution is 5.85. The van der Waals surface area contributed by atoms with Gasteiger partial charge in [-0.05, 0) is 6.42 Å². The van der Waals surface area contributed by atoms with Crippen LogP contribution in [-0.4, -0.2) is 23.7 Å². The Morgan fingerprint density at radius 2 is 2.20 bits per heavy atom. The third kappa shape index (κ3) is 3.21. The summed E-state index contributed by atoms with van der Waals surface area (Å²) in [5.41, 5.74) is 10.6. The smallest absolute Gasteiger partial charge is 0.331 e. The third-order valence-corrected chi connectivity index (χ3v) is 1.11. The van der Waals surface area contributed by atoms with Crippen molar-refractivity contribution in [2.75, 3.05) is 6.54 Å². The van der Waals surface area contributed by atoms with E-state index in [4.69, 9.17) is 16.6 Å². The summed E-state index contributed by atoms with van der Waals surface area (Å²) in [5, 5.41) is 8.33. The molecule has 0 radical (unpaired) electrons. The second-order valence-corrected chi connectivity index (χ2v) is 2.11. The van der Waals surface area contributed by atoms with Crippen molar-refractivity contribution < 1.29 is 9.90 Å². The molecule has 1 atom stereocenters. The predicted molar refractivity (Wildman–Crippen MR) is 38.4 cm³/mol. The second kappa shape index (κ2) is 4.03. The SMILES string of the molecule is C=C(CC(N)CN)C(=O)O. The number of carboxylic acids is 1. The average Bonchev–Trinajstić information content (AvgIpc) is 1.87. The van der Waals surface area contributed by atoms with Gasteiger partial charge in [-0.3, -0.25) is 0 Å². The van der Waals surface area contributed by atoms with Crippen LogP contribution in [0.25, 0.3) is 0 Å². The summed E-state index contributed by atoms with van der Waals surface area (Å²) in [6.07, 6.45) is 0.256. The fourth-order valence-electron chi connectivity index (χ4n) is 0.487. The first-order valence-electron chi connectivity index (χ1n) is 2.94. The summed E-state index contributed by atoms with van der Waals surface area (Å²) in [6, 6.07) is -0.288. The van der Waals surface area contributed by atoms with Gasteiger partial charge in [0, 0.05) is 18.2 Å². The monoisotopic (exact) mass is 144 g/mol. The van der Waals surface area contributed by atoms with E-state index in [1.54, 1.807) is 0 Å². The lowest BCUT2D eigenvalue weighted by Gasteiger charge is -2.06. The summed E-state index contributed by atoms with van der Waals surface area (Å²) in [6.45, 7) is 3.59. The molecule has 4 heteroatoms. The number of carbonyl (C=O) groups is 1. The number of nitrogens with two attached hydrogens (primary N) is 2. The maximum Gasteiger partial charge on any atom is 0.331 e. The minimum absolute atomic E-state index is 0.109. The van der Waals surface area contributed by atoms with Gasteiger partial charge in [0.1, 0.15) is 0 Å². The molecule has 0 spiro atoms. The van der Waals surface area contributed by atoms with Gasteiger partial charge in [0.25, 0.3) is 0 Å². The van der Waals surface area contributed by atoms with Crippen molar-refractivity contribution in [2.24, 2.45) is 11.5 Å². The topological polar surface area (TPSA) is 89.3 Å². The summed E-state index contributed by atoms with van der Waals surface area (Å²) >= 11 is 0. The fraction of sp³-hybridized carbons (Fsp3) is 0.500. The molecule has 0 aliphatic carbocycles. The van der Waals surface area contributed by atoms with Gasteiger partial charge in [0.2, 0.25) is 0 Å². The van der Waals surface area contributed by atoms with Crippen molar-refractivity contribution in [3.05, 3.63) is 12.2 Å². The highest BCUT2D eigenvalue weighted by Crippen LogP contribution is 1.99. The first kappa shape index (κ1) is 9.13. The molecule has 0 fully saturated rings. The van der Waals surface area contributed by atoms with Gasteiger partial charge < -0.3 is 16.6 Å². The lowest BCUT2D eigenvalue weighted by molar-refractivity contribution is -0.132. The van der Waals surface area contributed by atoms with Gasteiger partial charge in [-0.2, -0.15) is 0 Å². The molecule has 58 valence electrons. The fourth-order valence-corrected chi connectivity index (χ4v) is 0.487. The molecule has 4 nitrogen and oxygen atoms in total. The maximum absolute atomic E-state index is 10.2. The summed E-state index contributed by atoms with van der Waals surface area (Å²) in [4.78, 5) is 10.2. The number of carboxylic acid groups (broad SMARTS) is 1. The van der Waals surface area contributed by atoms with Crippen LogP contribution in [0, 0.1) is 0 Å². The van der Waals surface area contributed by atoms with E-state index in [-0.39, 0.29) is 24.6 Å². The molecular weight excluding hydrogens is 132 g/mol. The van der Waals surface area contributed by atoms with E-state index in [1.807, 2.05) is 0 Å². The first-order valence-corrected chi connectivity index (χ1v) is 2.94. The minimum Gasteiger partial charge on any atom is -0.478 e. The Kier molecular flexibility index (Phi) is 3.68. The van der Waals surface area contributed by atoms with Gasteiger partial charge in [-0.1, -0.05) is 6.58 Å². The van der Waals surface area contributed by atoms with Gasteiger partial charge in [0.15, 0.2) is 0 Å². The zero-order valence-electron chi connectivity index (χ0n) is 5.71. The molecular formula is C6H12N2O2. The standard InChI is InChI=1S/C6H12N2O2/c1-4(6(9)10)2-5(8)3-7/h5H,1-3,7-8H2,(H,9,10). The molecule has 10 heavy (non-hydrogen) atoms. The van der Waals surface area contributed by atoms with E-state index in [9.17, 15) is 4.79 Å². The van der Waals surface area contributed by atoms with E-state index >= 15 is 0 Å². The normalized spacial score (nSPS) is 12.6. The highest BCUT2D eigenvalue weighted by Gasteiger charge is 2.07. The van der Waals surface area contributed by atoms with E-state index in [1.165, 1.54) is 0 Å². The molecule has 0 rings (SSSR count). The van der Waals surface area contributed by atoms with Crippen LogP contribution in [0.1, 0.15) is 6.42 Å².